The van der Waals surface area contributed by atoms with Crippen LogP contribution in [0.3, 0.4) is 0 Å². The maximum Gasteiger partial charge on any atom is 0.0534 e. The predicted molar refractivity (Wildman–Crippen MR) is 66.2 cm³/mol. The van der Waals surface area contributed by atoms with E-state index in [1.165, 1.54) is 19.3 Å². The van der Waals surface area contributed by atoms with Crippen molar-refractivity contribution in [1.82, 2.24) is 15.1 Å². The van der Waals surface area contributed by atoms with E-state index in [9.17, 15) is 0 Å². The molecule has 0 aromatic carbocycles. The largest absolute Gasteiger partial charge is 0.312 e. The van der Waals surface area contributed by atoms with Crippen LogP contribution in [-0.4, -0.2) is 22.4 Å². The number of allylic oxidation sites excluding steroid dienone is 1. The third kappa shape index (κ3) is 3.49. The lowest BCUT2D eigenvalue weighted by Gasteiger charge is -2.17. The fraction of sp³-hybridized carbons (Fsp3) is 0.615. The summed E-state index contributed by atoms with van der Waals surface area (Å²) in [6.45, 7) is 5.77. The van der Waals surface area contributed by atoms with Gasteiger partial charge in [-0.15, -0.1) is 6.58 Å². The molecule has 1 N–H and O–H groups in total. The van der Waals surface area contributed by atoms with Crippen LogP contribution in [0.5, 0.6) is 0 Å². The Balaban J connectivity index is 1.67. The van der Waals surface area contributed by atoms with Crippen molar-refractivity contribution >= 4 is 0 Å². The lowest BCUT2D eigenvalue weighted by molar-refractivity contribution is 0.418. The van der Waals surface area contributed by atoms with Crippen LogP contribution in [0.4, 0.5) is 0 Å². The molecular formula is C13H21N3. The zero-order valence-electron chi connectivity index (χ0n) is 9.81. The number of hydrogen-bond donors (Lipinski definition) is 1. The van der Waals surface area contributed by atoms with E-state index in [-0.39, 0.29) is 0 Å². The van der Waals surface area contributed by atoms with Gasteiger partial charge in [-0.05, 0) is 37.7 Å². The Kier molecular flexibility index (Phi) is 4.17. The molecule has 1 unspecified atom stereocenters. The Bertz CT molecular complexity index is 301. The fourth-order valence-corrected chi connectivity index (χ4v) is 2.10. The van der Waals surface area contributed by atoms with Crippen molar-refractivity contribution in [2.45, 2.75) is 38.3 Å². The molecule has 88 valence electrons. The van der Waals surface area contributed by atoms with Crippen molar-refractivity contribution in [2.75, 3.05) is 6.54 Å². The lowest BCUT2D eigenvalue weighted by atomic mass is 10.1. The molecule has 1 aliphatic rings. The van der Waals surface area contributed by atoms with Crippen LogP contribution in [0.25, 0.3) is 0 Å². The lowest BCUT2D eigenvalue weighted by Crippen LogP contribution is -2.33. The van der Waals surface area contributed by atoms with Crippen molar-refractivity contribution in [3.8, 4) is 0 Å². The third-order valence-corrected chi connectivity index (χ3v) is 3.18. The first kappa shape index (κ1) is 11.4. The Morgan fingerprint density at radius 1 is 1.56 bits per heavy atom. The first-order chi connectivity index (χ1) is 7.90. The van der Waals surface area contributed by atoms with Gasteiger partial charge in [0.15, 0.2) is 0 Å². The van der Waals surface area contributed by atoms with Gasteiger partial charge in [-0.25, -0.2) is 0 Å². The summed E-state index contributed by atoms with van der Waals surface area (Å²) in [4.78, 5) is 0. The summed E-state index contributed by atoms with van der Waals surface area (Å²) in [5.74, 6) is 0.914. The molecule has 1 saturated carbocycles. The number of aromatic nitrogens is 2. The molecule has 1 aliphatic carbocycles. The molecule has 0 bridgehead atoms. The Hall–Kier alpha value is -1.09. The van der Waals surface area contributed by atoms with Gasteiger partial charge < -0.3 is 5.32 Å². The van der Waals surface area contributed by atoms with Crippen LogP contribution in [0, 0.1) is 5.92 Å². The number of nitrogens with one attached hydrogen (secondary N) is 1. The van der Waals surface area contributed by atoms with Gasteiger partial charge >= 0.3 is 0 Å². The minimum Gasteiger partial charge on any atom is -0.312 e. The number of nitrogens with zero attached hydrogens (tertiary/aromatic N) is 2. The Morgan fingerprint density at radius 2 is 2.44 bits per heavy atom. The van der Waals surface area contributed by atoms with Gasteiger partial charge in [0.25, 0.3) is 0 Å². The second-order valence-electron chi connectivity index (χ2n) is 4.53. The van der Waals surface area contributed by atoms with Crippen LogP contribution in [-0.2, 0) is 6.54 Å². The molecule has 0 amide bonds. The van der Waals surface area contributed by atoms with E-state index in [1.807, 2.05) is 29.2 Å². The summed E-state index contributed by atoms with van der Waals surface area (Å²) < 4.78 is 1.98. The van der Waals surface area contributed by atoms with E-state index in [1.54, 1.807) is 0 Å². The summed E-state index contributed by atoms with van der Waals surface area (Å²) in [5.41, 5.74) is 0. The summed E-state index contributed by atoms with van der Waals surface area (Å²) in [5, 5.41) is 7.84. The van der Waals surface area contributed by atoms with Gasteiger partial charge in [0, 0.05) is 25.0 Å². The Labute approximate surface area is 97.5 Å². The van der Waals surface area contributed by atoms with Gasteiger partial charge in [-0.3, -0.25) is 4.68 Å². The molecule has 0 radical (unpaired) electrons. The van der Waals surface area contributed by atoms with Crippen molar-refractivity contribution in [3.05, 3.63) is 31.1 Å². The number of rotatable bonds is 8. The molecule has 3 heteroatoms. The second-order valence-corrected chi connectivity index (χ2v) is 4.53. The average Bonchev–Trinajstić information content (AvgIpc) is 3.01. The van der Waals surface area contributed by atoms with E-state index >= 15 is 0 Å². The molecule has 1 aromatic heterocycles. The normalized spacial score (nSPS) is 17.2. The fourth-order valence-electron chi connectivity index (χ4n) is 2.10. The molecule has 2 rings (SSSR count). The van der Waals surface area contributed by atoms with Crippen molar-refractivity contribution in [3.63, 3.8) is 0 Å². The van der Waals surface area contributed by atoms with E-state index < -0.39 is 0 Å². The maximum absolute atomic E-state index is 4.20. The molecule has 1 fully saturated rings. The monoisotopic (exact) mass is 219 g/mol. The summed E-state index contributed by atoms with van der Waals surface area (Å²) >= 11 is 0. The molecule has 1 heterocycles. The van der Waals surface area contributed by atoms with Gasteiger partial charge in [0.2, 0.25) is 0 Å². The van der Waals surface area contributed by atoms with Crippen LogP contribution in [0.15, 0.2) is 31.1 Å². The smallest absolute Gasteiger partial charge is 0.0534 e. The third-order valence-electron chi connectivity index (χ3n) is 3.18. The highest BCUT2D eigenvalue weighted by Crippen LogP contribution is 2.34. The van der Waals surface area contributed by atoms with Crippen LogP contribution in [0.2, 0.25) is 0 Å². The minimum absolute atomic E-state index is 0.688. The van der Waals surface area contributed by atoms with Crippen LogP contribution < -0.4 is 5.32 Å². The highest BCUT2D eigenvalue weighted by atomic mass is 15.3. The first-order valence-corrected chi connectivity index (χ1v) is 6.22. The second kappa shape index (κ2) is 5.85. The summed E-state index contributed by atoms with van der Waals surface area (Å²) in [6, 6.07) is 2.66. The number of hydrogen-bond acceptors (Lipinski definition) is 2. The topological polar surface area (TPSA) is 29.9 Å². The quantitative estimate of drug-likeness (QED) is 0.679. The van der Waals surface area contributed by atoms with Gasteiger partial charge in [-0.1, -0.05) is 6.08 Å². The SMILES string of the molecule is C=CCCC(NCCn1cccn1)C1CC1. The molecule has 1 aromatic rings. The maximum atomic E-state index is 4.20. The molecule has 0 saturated heterocycles. The molecule has 0 spiro atoms. The molecule has 16 heavy (non-hydrogen) atoms. The van der Waals surface area contributed by atoms with Crippen LogP contribution in [0.1, 0.15) is 25.7 Å². The molecule has 1 atom stereocenters. The zero-order valence-corrected chi connectivity index (χ0v) is 9.81. The van der Waals surface area contributed by atoms with E-state index in [2.05, 4.69) is 17.0 Å². The predicted octanol–water partition coefficient (Wildman–Crippen LogP) is 2.22. The summed E-state index contributed by atoms with van der Waals surface area (Å²) in [6.07, 6.45) is 11.0. The van der Waals surface area contributed by atoms with E-state index in [4.69, 9.17) is 0 Å². The van der Waals surface area contributed by atoms with Gasteiger partial charge in [0.05, 0.1) is 6.54 Å². The molecule has 3 nitrogen and oxygen atoms in total. The standard InChI is InChI=1S/C13H21N3/c1-2-3-5-13(12-6-7-12)14-9-11-16-10-4-8-15-16/h2,4,8,10,12-14H,1,3,5-7,9,11H2. The molecular weight excluding hydrogens is 198 g/mol. The highest BCUT2D eigenvalue weighted by molar-refractivity contribution is 4.88. The van der Waals surface area contributed by atoms with Gasteiger partial charge in [0.1, 0.15) is 0 Å². The van der Waals surface area contributed by atoms with Crippen molar-refractivity contribution in [2.24, 2.45) is 5.92 Å². The van der Waals surface area contributed by atoms with Crippen molar-refractivity contribution in [1.29, 1.82) is 0 Å². The highest BCUT2D eigenvalue weighted by Gasteiger charge is 2.29. The zero-order chi connectivity index (χ0) is 11.2. The van der Waals surface area contributed by atoms with Crippen molar-refractivity contribution < 1.29 is 0 Å². The first-order valence-electron chi connectivity index (χ1n) is 6.22. The van der Waals surface area contributed by atoms with E-state index in [0.717, 1.165) is 25.4 Å². The van der Waals surface area contributed by atoms with Crippen LogP contribution >= 0.6 is 0 Å². The average molecular weight is 219 g/mol. The Morgan fingerprint density at radius 3 is 3.06 bits per heavy atom. The van der Waals surface area contributed by atoms with E-state index in [0.29, 0.717) is 6.04 Å². The summed E-state index contributed by atoms with van der Waals surface area (Å²) in [7, 11) is 0. The molecule has 0 aliphatic heterocycles. The van der Waals surface area contributed by atoms with Gasteiger partial charge in [-0.2, -0.15) is 5.10 Å². The minimum atomic E-state index is 0.688.